The molecule has 0 unspecified atom stereocenters. The Hall–Kier alpha value is -2.42. The van der Waals surface area contributed by atoms with Gasteiger partial charge in [-0.3, -0.25) is 0 Å². The van der Waals surface area contributed by atoms with E-state index < -0.39 is 11.9 Å². The summed E-state index contributed by atoms with van der Waals surface area (Å²) in [6.45, 7) is 6.39. The molecule has 0 aliphatic heterocycles. The smallest absolute Gasteiger partial charge is 0.346 e. The van der Waals surface area contributed by atoms with Crippen LogP contribution in [0.2, 0.25) is 0 Å². The van der Waals surface area contributed by atoms with Gasteiger partial charge >= 0.3 is 11.9 Å². The molecule has 0 N–H and O–H groups in total. The largest absolute Gasteiger partial charge is 0.386 e. The van der Waals surface area contributed by atoms with Gasteiger partial charge < -0.3 is 4.74 Å². The lowest BCUT2D eigenvalue weighted by atomic mass is 9.95. The average Bonchev–Trinajstić information content (AvgIpc) is 2.55. The molecule has 0 saturated carbocycles. The molecule has 0 fully saturated rings. The van der Waals surface area contributed by atoms with Crippen LogP contribution in [0.1, 0.15) is 52.6 Å². The molecule has 120 valence electrons. The summed E-state index contributed by atoms with van der Waals surface area (Å²) in [7, 11) is 0. The second kappa shape index (κ2) is 7.73. The number of aryl methyl sites for hydroxylation is 1. The summed E-state index contributed by atoms with van der Waals surface area (Å²) in [5.41, 5.74) is 3.15. The van der Waals surface area contributed by atoms with Crippen molar-refractivity contribution in [3.8, 4) is 0 Å². The monoisotopic (exact) mass is 310 g/mol. The van der Waals surface area contributed by atoms with Gasteiger partial charge in [0.05, 0.1) is 11.1 Å². The number of rotatable bonds is 5. The Morgan fingerprint density at radius 2 is 1.57 bits per heavy atom. The first-order valence-corrected chi connectivity index (χ1v) is 7.94. The molecule has 2 rings (SSSR count). The Kier molecular flexibility index (Phi) is 5.69. The van der Waals surface area contributed by atoms with Crippen molar-refractivity contribution in [3.63, 3.8) is 0 Å². The molecule has 0 spiro atoms. The summed E-state index contributed by atoms with van der Waals surface area (Å²) < 4.78 is 4.97. The van der Waals surface area contributed by atoms with Gasteiger partial charge in [0, 0.05) is 0 Å². The number of hydrogen-bond donors (Lipinski definition) is 0. The minimum atomic E-state index is -0.625. The van der Waals surface area contributed by atoms with Gasteiger partial charge in [-0.25, -0.2) is 9.59 Å². The zero-order chi connectivity index (χ0) is 16.8. The maximum atomic E-state index is 12.2. The van der Waals surface area contributed by atoms with E-state index >= 15 is 0 Å². The molecular weight excluding hydrogens is 288 g/mol. The highest BCUT2D eigenvalue weighted by molar-refractivity contribution is 6.02. The summed E-state index contributed by atoms with van der Waals surface area (Å²) in [5, 5.41) is 0. The summed E-state index contributed by atoms with van der Waals surface area (Å²) in [6, 6.07) is 14.0. The number of carbonyl (C=O) groups is 2. The molecule has 2 aromatic carbocycles. The molecule has 0 radical (unpaired) electrons. The minimum Gasteiger partial charge on any atom is -0.386 e. The molecular formula is C20H22O3. The molecule has 2 aromatic rings. The molecule has 23 heavy (non-hydrogen) atoms. The second-order valence-corrected chi connectivity index (χ2v) is 5.98. The molecule has 0 atom stereocenters. The first-order valence-electron chi connectivity index (χ1n) is 7.94. The Morgan fingerprint density at radius 1 is 0.913 bits per heavy atom. The van der Waals surface area contributed by atoms with E-state index in [0.717, 1.165) is 18.4 Å². The highest BCUT2D eigenvalue weighted by Gasteiger charge is 2.16. The average molecular weight is 310 g/mol. The molecule has 0 aliphatic carbocycles. The highest BCUT2D eigenvalue weighted by Crippen LogP contribution is 2.18. The van der Waals surface area contributed by atoms with Gasteiger partial charge in [-0.1, -0.05) is 45.0 Å². The van der Waals surface area contributed by atoms with E-state index in [2.05, 4.69) is 20.8 Å². The standard InChI is InChI=1S/C20H22O3/c1-4-15-13-18(11-10-17(15)12-14(2)3)20(22)23-19(21)16-8-6-5-7-9-16/h5-11,13-14H,4,12H2,1-3H3. The quantitative estimate of drug-likeness (QED) is 0.605. The van der Waals surface area contributed by atoms with Crippen LogP contribution in [0.15, 0.2) is 48.5 Å². The minimum absolute atomic E-state index is 0.369. The zero-order valence-corrected chi connectivity index (χ0v) is 13.8. The lowest BCUT2D eigenvalue weighted by molar-refractivity contribution is 0.0397. The third-order valence-corrected chi connectivity index (χ3v) is 3.65. The van der Waals surface area contributed by atoms with E-state index in [1.807, 2.05) is 12.1 Å². The maximum absolute atomic E-state index is 12.2. The van der Waals surface area contributed by atoms with E-state index in [0.29, 0.717) is 17.0 Å². The summed E-state index contributed by atoms with van der Waals surface area (Å²) in [6.07, 6.45) is 1.82. The fraction of sp³-hybridized carbons (Fsp3) is 0.300. The van der Waals surface area contributed by atoms with Gasteiger partial charge in [0.2, 0.25) is 0 Å². The number of esters is 2. The molecule has 3 nitrogen and oxygen atoms in total. The van der Waals surface area contributed by atoms with Crippen LogP contribution >= 0.6 is 0 Å². The first-order chi connectivity index (χ1) is 11.0. The van der Waals surface area contributed by atoms with Crippen molar-refractivity contribution in [2.24, 2.45) is 5.92 Å². The third-order valence-electron chi connectivity index (χ3n) is 3.65. The van der Waals surface area contributed by atoms with Crippen LogP contribution in [0.25, 0.3) is 0 Å². The highest BCUT2D eigenvalue weighted by atomic mass is 16.6. The summed E-state index contributed by atoms with van der Waals surface area (Å²) >= 11 is 0. The van der Waals surface area contributed by atoms with E-state index in [4.69, 9.17) is 4.74 Å². The van der Waals surface area contributed by atoms with Crippen LogP contribution in [-0.4, -0.2) is 11.9 Å². The van der Waals surface area contributed by atoms with Gasteiger partial charge in [-0.05, 0) is 54.2 Å². The van der Waals surface area contributed by atoms with Gasteiger partial charge in [-0.2, -0.15) is 0 Å². The van der Waals surface area contributed by atoms with E-state index in [1.165, 1.54) is 5.56 Å². The molecule has 0 saturated heterocycles. The van der Waals surface area contributed by atoms with Crippen molar-refractivity contribution < 1.29 is 14.3 Å². The topological polar surface area (TPSA) is 43.4 Å². The Balaban J connectivity index is 2.15. The predicted octanol–water partition coefficient (Wildman–Crippen LogP) is 4.44. The molecule has 0 amide bonds. The fourth-order valence-electron chi connectivity index (χ4n) is 2.50. The van der Waals surface area contributed by atoms with Gasteiger partial charge in [0.25, 0.3) is 0 Å². The Morgan fingerprint density at radius 3 is 2.17 bits per heavy atom. The van der Waals surface area contributed by atoms with E-state index in [-0.39, 0.29) is 0 Å². The van der Waals surface area contributed by atoms with E-state index in [9.17, 15) is 9.59 Å². The number of carbonyl (C=O) groups excluding carboxylic acids is 2. The summed E-state index contributed by atoms with van der Waals surface area (Å²) in [4.78, 5) is 24.1. The van der Waals surface area contributed by atoms with Crippen molar-refractivity contribution in [2.75, 3.05) is 0 Å². The van der Waals surface area contributed by atoms with Crippen molar-refractivity contribution in [1.82, 2.24) is 0 Å². The SMILES string of the molecule is CCc1cc(C(=O)OC(=O)c2ccccc2)ccc1CC(C)C. The lowest BCUT2D eigenvalue weighted by Crippen LogP contribution is -2.13. The fourth-order valence-corrected chi connectivity index (χ4v) is 2.50. The Labute approximate surface area is 137 Å². The van der Waals surface area contributed by atoms with Crippen molar-refractivity contribution in [1.29, 1.82) is 0 Å². The van der Waals surface area contributed by atoms with Gasteiger partial charge in [-0.15, -0.1) is 0 Å². The van der Waals surface area contributed by atoms with Crippen LogP contribution in [0, 0.1) is 5.92 Å². The van der Waals surface area contributed by atoms with Crippen LogP contribution in [0.4, 0.5) is 0 Å². The summed E-state index contributed by atoms with van der Waals surface area (Å²) in [5.74, 6) is -0.678. The zero-order valence-electron chi connectivity index (χ0n) is 13.8. The first kappa shape index (κ1) is 16.9. The number of ether oxygens (including phenoxy) is 1. The normalized spacial score (nSPS) is 10.6. The molecule has 3 heteroatoms. The van der Waals surface area contributed by atoms with Crippen molar-refractivity contribution >= 4 is 11.9 Å². The molecule has 0 heterocycles. The molecule has 0 bridgehead atoms. The lowest BCUT2D eigenvalue weighted by Gasteiger charge is -2.12. The van der Waals surface area contributed by atoms with Crippen molar-refractivity contribution in [2.45, 2.75) is 33.6 Å². The third kappa shape index (κ3) is 4.52. The number of benzene rings is 2. The second-order valence-electron chi connectivity index (χ2n) is 5.98. The van der Waals surface area contributed by atoms with Crippen LogP contribution in [0.5, 0.6) is 0 Å². The Bertz CT molecular complexity index is 687. The van der Waals surface area contributed by atoms with E-state index in [1.54, 1.807) is 36.4 Å². The number of hydrogen-bond acceptors (Lipinski definition) is 3. The van der Waals surface area contributed by atoms with Crippen LogP contribution < -0.4 is 0 Å². The van der Waals surface area contributed by atoms with Crippen molar-refractivity contribution in [3.05, 3.63) is 70.8 Å². The molecule has 0 aliphatic rings. The van der Waals surface area contributed by atoms with Gasteiger partial charge in [0.1, 0.15) is 0 Å². The molecule has 0 aromatic heterocycles. The maximum Gasteiger partial charge on any atom is 0.346 e. The van der Waals surface area contributed by atoms with Gasteiger partial charge in [0.15, 0.2) is 0 Å². The predicted molar refractivity (Wildman–Crippen MR) is 90.6 cm³/mol. The van der Waals surface area contributed by atoms with Crippen LogP contribution in [0.3, 0.4) is 0 Å². The van der Waals surface area contributed by atoms with Crippen LogP contribution in [-0.2, 0) is 17.6 Å².